The highest BCUT2D eigenvalue weighted by Crippen LogP contribution is 2.34. The van der Waals surface area contributed by atoms with Gasteiger partial charge in [0.05, 0.1) is 40.6 Å². The summed E-state index contributed by atoms with van der Waals surface area (Å²) in [6.45, 7) is 2.95. The van der Waals surface area contributed by atoms with Crippen LogP contribution in [0.1, 0.15) is 58.3 Å². The van der Waals surface area contributed by atoms with Gasteiger partial charge in [-0.1, -0.05) is 42.5 Å². The lowest BCUT2D eigenvalue weighted by molar-refractivity contribution is 0.153. The number of nitriles is 1. The van der Waals surface area contributed by atoms with E-state index in [4.69, 9.17) is 9.97 Å². The van der Waals surface area contributed by atoms with Gasteiger partial charge in [-0.15, -0.1) is 11.8 Å². The van der Waals surface area contributed by atoms with E-state index in [0.717, 1.165) is 66.5 Å². The molecule has 5 aromatic rings. The summed E-state index contributed by atoms with van der Waals surface area (Å²) < 4.78 is 0. The Morgan fingerprint density at radius 3 is 2.66 bits per heavy atom. The summed E-state index contributed by atoms with van der Waals surface area (Å²) in [5.74, 6) is 0.983. The number of nitrogens with zero attached hydrogens (tertiary/aromatic N) is 5. The zero-order valence-corrected chi connectivity index (χ0v) is 24.0. The zero-order chi connectivity index (χ0) is 28.0. The fourth-order valence-corrected chi connectivity index (χ4v) is 6.18. The van der Waals surface area contributed by atoms with E-state index in [-0.39, 0.29) is 6.04 Å². The molecule has 8 heteroatoms. The highest BCUT2D eigenvalue weighted by Gasteiger charge is 2.28. The number of fused-ring (bicyclic) bond motifs is 2. The normalized spacial score (nSPS) is 14.7. The summed E-state index contributed by atoms with van der Waals surface area (Å²) in [7, 11) is 0. The fraction of sp³-hybridized carbons (Fsp3) is 0.273. The maximum Gasteiger partial charge on any atom is 0.121 e. The quantitative estimate of drug-likeness (QED) is 0.194. The van der Waals surface area contributed by atoms with Crippen LogP contribution in [-0.4, -0.2) is 31.1 Å². The maximum absolute atomic E-state index is 9.23. The van der Waals surface area contributed by atoms with Crippen LogP contribution in [0.25, 0.3) is 11.0 Å². The number of nitrogens with one attached hydrogen (secondary N) is 2. The lowest BCUT2D eigenvalue weighted by Gasteiger charge is -2.34. The highest BCUT2D eigenvalue weighted by molar-refractivity contribution is 7.98. The summed E-state index contributed by atoms with van der Waals surface area (Å²) >= 11 is 1.50. The molecule has 0 saturated carbocycles. The van der Waals surface area contributed by atoms with Crippen molar-refractivity contribution < 1.29 is 0 Å². The molecular weight excluding hydrogens is 526 g/mol. The van der Waals surface area contributed by atoms with Crippen molar-refractivity contribution in [1.29, 1.82) is 5.26 Å². The van der Waals surface area contributed by atoms with Gasteiger partial charge in [0.2, 0.25) is 0 Å². The number of H-pyrrole nitrogens is 1. The van der Waals surface area contributed by atoms with E-state index in [1.807, 2.05) is 36.7 Å². The molecule has 0 radical (unpaired) electrons. The Balaban J connectivity index is 1.16. The van der Waals surface area contributed by atoms with Gasteiger partial charge in [0.15, 0.2) is 0 Å². The van der Waals surface area contributed by atoms with Crippen LogP contribution in [0.5, 0.6) is 0 Å². The standard InChI is InChI=1S/C33H33N7S/c1-41-33-26(18-34)15-16-27(37-33)20-35-19-23-11-13-24(14-12-23)21-40(22-31-38-28-8-2-3-9-29(28)39-31)30-10-4-6-25-7-5-17-36-32(25)30/h2-3,5,7-9,11-17,30,35H,4,6,10,19-22H2,1H3,(H,38,39). The molecule has 0 fully saturated rings. The van der Waals surface area contributed by atoms with Gasteiger partial charge in [-0.3, -0.25) is 9.88 Å². The molecule has 0 bridgehead atoms. The van der Waals surface area contributed by atoms with E-state index in [2.05, 4.69) is 74.8 Å². The number of thioether (sulfide) groups is 1. The number of hydrogen-bond donors (Lipinski definition) is 2. The first-order chi connectivity index (χ1) is 20.2. The molecule has 2 N–H and O–H groups in total. The second-order valence-electron chi connectivity index (χ2n) is 10.5. The molecule has 41 heavy (non-hydrogen) atoms. The molecule has 0 aliphatic heterocycles. The molecule has 7 nitrogen and oxygen atoms in total. The van der Waals surface area contributed by atoms with Crippen molar-refractivity contribution in [2.24, 2.45) is 0 Å². The summed E-state index contributed by atoms with van der Waals surface area (Å²) in [6.07, 6.45) is 7.22. The minimum atomic E-state index is 0.251. The van der Waals surface area contributed by atoms with Gasteiger partial charge in [0.1, 0.15) is 16.9 Å². The van der Waals surface area contributed by atoms with Gasteiger partial charge >= 0.3 is 0 Å². The number of rotatable bonds is 10. The van der Waals surface area contributed by atoms with E-state index >= 15 is 0 Å². The molecule has 6 rings (SSSR count). The largest absolute Gasteiger partial charge is 0.341 e. The summed E-state index contributed by atoms with van der Waals surface area (Å²) in [6, 6.07) is 27.6. The number of benzene rings is 2. The Morgan fingerprint density at radius 1 is 0.976 bits per heavy atom. The first kappa shape index (κ1) is 27.2. The Bertz CT molecular complexity index is 1640. The molecule has 0 amide bonds. The number of aromatic nitrogens is 4. The van der Waals surface area contributed by atoms with Crippen LogP contribution in [0.2, 0.25) is 0 Å². The highest BCUT2D eigenvalue weighted by atomic mass is 32.2. The molecule has 1 aliphatic carbocycles. The van der Waals surface area contributed by atoms with Gasteiger partial charge in [-0.25, -0.2) is 9.97 Å². The Kier molecular flexibility index (Phi) is 8.38. The smallest absolute Gasteiger partial charge is 0.121 e. The summed E-state index contributed by atoms with van der Waals surface area (Å²) in [5, 5.41) is 13.5. The predicted octanol–water partition coefficient (Wildman–Crippen LogP) is 6.32. The van der Waals surface area contributed by atoms with Crippen LogP contribution in [0.3, 0.4) is 0 Å². The number of para-hydroxylation sites is 2. The van der Waals surface area contributed by atoms with Gasteiger partial charge in [0, 0.05) is 25.8 Å². The van der Waals surface area contributed by atoms with Crippen LogP contribution in [0.15, 0.2) is 84.0 Å². The average Bonchev–Trinajstić information content (AvgIpc) is 3.43. The van der Waals surface area contributed by atoms with Gasteiger partial charge in [-0.2, -0.15) is 5.26 Å². The third-order valence-electron chi connectivity index (χ3n) is 7.67. The zero-order valence-electron chi connectivity index (χ0n) is 23.2. The van der Waals surface area contributed by atoms with E-state index < -0.39 is 0 Å². The van der Waals surface area contributed by atoms with E-state index in [9.17, 15) is 5.26 Å². The molecule has 206 valence electrons. The number of pyridine rings is 2. The van der Waals surface area contributed by atoms with Gasteiger partial charge in [0.25, 0.3) is 0 Å². The van der Waals surface area contributed by atoms with Crippen LogP contribution in [0.4, 0.5) is 0 Å². The topological polar surface area (TPSA) is 93.5 Å². The average molecular weight is 560 g/mol. The predicted molar refractivity (Wildman–Crippen MR) is 163 cm³/mol. The van der Waals surface area contributed by atoms with Gasteiger partial charge in [-0.05, 0) is 72.5 Å². The maximum atomic E-state index is 9.23. The second-order valence-corrected chi connectivity index (χ2v) is 11.2. The van der Waals surface area contributed by atoms with Crippen LogP contribution >= 0.6 is 11.8 Å². The molecule has 0 saturated heterocycles. The van der Waals surface area contributed by atoms with Crippen molar-refractivity contribution in [3.05, 3.63) is 118 Å². The molecule has 2 aromatic carbocycles. The van der Waals surface area contributed by atoms with E-state index in [1.165, 1.54) is 34.1 Å². The van der Waals surface area contributed by atoms with Crippen LogP contribution in [0, 0.1) is 11.3 Å². The van der Waals surface area contributed by atoms with Gasteiger partial charge < -0.3 is 10.3 Å². The Labute approximate surface area is 245 Å². The number of aryl methyl sites for hydroxylation is 1. The minimum absolute atomic E-state index is 0.251. The summed E-state index contributed by atoms with van der Waals surface area (Å²) in [5.41, 5.74) is 8.70. The number of aromatic amines is 1. The molecule has 3 aromatic heterocycles. The molecule has 1 aliphatic rings. The van der Waals surface area contributed by atoms with E-state index in [1.54, 1.807) is 0 Å². The SMILES string of the molecule is CSc1nc(CNCc2ccc(CN(Cc3nc4ccccc4[nH]3)C3CCCc4cccnc43)cc2)ccc1C#N. The van der Waals surface area contributed by atoms with Crippen molar-refractivity contribution >= 4 is 22.8 Å². The minimum Gasteiger partial charge on any atom is -0.341 e. The molecular formula is C33H33N7S. The van der Waals surface area contributed by atoms with Crippen molar-refractivity contribution in [2.45, 2.75) is 56.5 Å². The lowest BCUT2D eigenvalue weighted by atomic mass is 9.90. The van der Waals surface area contributed by atoms with Crippen molar-refractivity contribution in [1.82, 2.24) is 30.2 Å². The Hall–Kier alpha value is -4.03. The van der Waals surface area contributed by atoms with Crippen molar-refractivity contribution in [3.8, 4) is 6.07 Å². The number of hydrogen-bond acceptors (Lipinski definition) is 7. The molecule has 0 spiro atoms. The molecule has 3 heterocycles. The molecule has 1 atom stereocenters. The van der Waals surface area contributed by atoms with Crippen molar-refractivity contribution in [2.75, 3.05) is 6.26 Å². The number of imidazole rings is 1. The van der Waals surface area contributed by atoms with Crippen LogP contribution < -0.4 is 5.32 Å². The summed E-state index contributed by atoms with van der Waals surface area (Å²) in [4.78, 5) is 20.4. The van der Waals surface area contributed by atoms with E-state index in [0.29, 0.717) is 12.1 Å². The third kappa shape index (κ3) is 6.33. The monoisotopic (exact) mass is 559 g/mol. The molecule has 1 unspecified atom stereocenters. The van der Waals surface area contributed by atoms with Crippen LogP contribution in [-0.2, 0) is 32.6 Å². The Morgan fingerprint density at radius 2 is 1.83 bits per heavy atom. The fourth-order valence-electron chi connectivity index (χ4n) is 5.64. The second kappa shape index (κ2) is 12.6. The first-order valence-electron chi connectivity index (χ1n) is 14.0. The first-order valence-corrected chi connectivity index (χ1v) is 15.3. The third-order valence-corrected chi connectivity index (χ3v) is 8.37. The lowest BCUT2D eigenvalue weighted by Crippen LogP contribution is -2.31. The van der Waals surface area contributed by atoms with Crippen molar-refractivity contribution in [3.63, 3.8) is 0 Å².